The standard InChI is InChI=1S/C21H14F3N7OS/c22-21(23,24)32-16-4-2-15(3-5-16)28-20-8-18(25-12-26-20)14-9-27-31(11-14)10-13-1-6-17-19(7-13)33-30-29-17/h1-9,11-12H,10H2,(H,25,26,28). The van der Waals surface area contributed by atoms with Crippen LogP contribution in [-0.4, -0.2) is 35.7 Å². The normalized spacial score (nSPS) is 11.6. The summed E-state index contributed by atoms with van der Waals surface area (Å²) in [7, 11) is 0. The minimum Gasteiger partial charge on any atom is -0.406 e. The predicted molar refractivity (Wildman–Crippen MR) is 116 cm³/mol. The van der Waals surface area contributed by atoms with Crippen LogP contribution in [0.3, 0.4) is 0 Å². The van der Waals surface area contributed by atoms with Gasteiger partial charge in [0.25, 0.3) is 0 Å². The Morgan fingerprint density at radius 1 is 1.03 bits per heavy atom. The highest BCUT2D eigenvalue weighted by Crippen LogP contribution is 2.26. The molecule has 5 rings (SSSR count). The molecule has 0 radical (unpaired) electrons. The number of hydrogen-bond acceptors (Lipinski definition) is 8. The van der Waals surface area contributed by atoms with Gasteiger partial charge in [0.1, 0.15) is 23.4 Å². The van der Waals surface area contributed by atoms with Crippen LogP contribution in [0.4, 0.5) is 24.7 Å². The van der Waals surface area contributed by atoms with E-state index < -0.39 is 6.36 Å². The molecule has 1 N–H and O–H groups in total. The number of fused-ring (bicyclic) bond motifs is 1. The number of halogens is 3. The van der Waals surface area contributed by atoms with Gasteiger partial charge in [-0.1, -0.05) is 10.6 Å². The molecule has 0 saturated carbocycles. The van der Waals surface area contributed by atoms with E-state index in [9.17, 15) is 13.2 Å². The third kappa shape index (κ3) is 5.06. The van der Waals surface area contributed by atoms with Gasteiger partial charge in [0.2, 0.25) is 0 Å². The monoisotopic (exact) mass is 469 g/mol. The Balaban J connectivity index is 1.28. The van der Waals surface area contributed by atoms with Crippen LogP contribution in [0, 0.1) is 0 Å². The van der Waals surface area contributed by atoms with Crippen LogP contribution in [0.15, 0.2) is 67.3 Å². The summed E-state index contributed by atoms with van der Waals surface area (Å²) in [6, 6.07) is 13.1. The van der Waals surface area contributed by atoms with Crippen molar-refractivity contribution in [2.24, 2.45) is 0 Å². The largest absolute Gasteiger partial charge is 0.573 e. The molecule has 0 atom stereocenters. The van der Waals surface area contributed by atoms with Crippen LogP contribution < -0.4 is 10.1 Å². The maximum Gasteiger partial charge on any atom is 0.573 e. The molecule has 2 aromatic carbocycles. The number of ether oxygens (including phenoxy) is 1. The van der Waals surface area contributed by atoms with E-state index in [2.05, 4.69) is 34.7 Å². The Kier molecular flexibility index (Phi) is 5.34. The highest BCUT2D eigenvalue weighted by molar-refractivity contribution is 7.12. The van der Waals surface area contributed by atoms with Gasteiger partial charge < -0.3 is 10.1 Å². The molecule has 0 spiro atoms. The van der Waals surface area contributed by atoms with Crippen LogP contribution in [0.1, 0.15) is 5.56 Å². The van der Waals surface area contributed by atoms with Crippen molar-refractivity contribution in [1.82, 2.24) is 29.3 Å². The topological polar surface area (TPSA) is 90.6 Å². The number of nitrogens with zero attached hydrogens (tertiary/aromatic N) is 6. The maximum atomic E-state index is 12.3. The number of aromatic nitrogens is 6. The van der Waals surface area contributed by atoms with Crippen LogP contribution >= 0.6 is 11.5 Å². The number of hydrogen-bond donors (Lipinski definition) is 1. The Bertz CT molecular complexity index is 1400. The number of alkyl halides is 3. The first kappa shape index (κ1) is 20.8. The summed E-state index contributed by atoms with van der Waals surface area (Å²) in [5.41, 5.74) is 3.95. The fourth-order valence-corrected chi connectivity index (χ4v) is 3.78. The summed E-state index contributed by atoms with van der Waals surface area (Å²) in [6.07, 6.45) is 0.263. The van der Waals surface area contributed by atoms with Gasteiger partial charge in [0.15, 0.2) is 0 Å². The molecule has 0 bridgehead atoms. The molecular weight excluding hydrogens is 455 g/mol. The third-order valence-electron chi connectivity index (χ3n) is 4.61. The van der Waals surface area contributed by atoms with E-state index in [0.29, 0.717) is 23.7 Å². The quantitative estimate of drug-likeness (QED) is 0.373. The predicted octanol–water partition coefficient (Wildman–Crippen LogP) is 5.04. The first-order valence-corrected chi connectivity index (χ1v) is 10.4. The van der Waals surface area contributed by atoms with Gasteiger partial charge in [-0.15, -0.1) is 18.3 Å². The van der Waals surface area contributed by atoms with E-state index >= 15 is 0 Å². The second-order valence-corrected chi connectivity index (χ2v) is 7.77. The lowest BCUT2D eigenvalue weighted by Crippen LogP contribution is -2.16. The van der Waals surface area contributed by atoms with Crippen molar-refractivity contribution in [1.29, 1.82) is 0 Å². The summed E-state index contributed by atoms with van der Waals surface area (Å²) in [4.78, 5) is 8.46. The molecule has 5 aromatic rings. The summed E-state index contributed by atoms with van der Waals surface area (Å²) >= 11 is 1.35. The number of rotatable bonds is 6. The van der Waals surface area contributed by atoms with Crippen molar-refractivity contribution in [2.45, 2.75) is 12.9 Å². The Hall–Kier alpha value is -4.06. The molecule has 3 heterocycles. The fourth-order valence-electron chi connectivity index (χ4n) is 3.16. The van der Waals surface area contributed by atoms with Crippen molar-refractivity contribution in [3.8, 4) is 17.0 Å². The zero-order valence-corrected chi connectivity index (χ0v) is 17.5. The lowest BCUT2D eigenvalue weighted by atomic mass is 10.2. The van der Waals surface area contributed by atoms with Crippen molar-refractivity contribution in [2.75, 3.05) is 5.32 Å². The Morgan fingerprint density at radius 2 is 1.88 bits per heavy atom. The van der Waals surface area contributed by atoms with Crippen molar-refractivity contribution in [3.05, 3.63) is 72.8 Å². The van der Waals surface area contributed by atoms with Gasteiger partial charge in [-0.05, 0) is 53.5 Å². The summed E-state index contributed by atoms with van der Waals surface area (Å²) in [5.74, 6) is 0.190. The molecule has 33 heavy (non-hydrogen) atoms. The molecule has 0 fully saturated rings. The van der Waals surface area contributed by atoms with Crippen molar-refractivity contribution in [3.63, 3.8) is 0 Å². The van der Waals surface area contributed by atoms with Crippen molar-refractivity contribution >= 4 is 33.3 Å². The van der Waals surface area contributed by atoms with E-state index in [4.69, 9.17) is 0 Å². The molecule has 8 nitrogen and oxygen atoms in total. The molecule has 0 saturated heterocycles. The van der Waals surface area contributed by atoms with Crippen LogP contribution in [0.25, 0.3) is 21.5 Å². The molecule has 0 aliphatic rings. The lowest BCUT2D eigenvalue weighted by molar-refractivity contribution is -0.274. The average molecular weight is 469 g/mol. The summed E-state index contributed by atoms with van der Waals surface area (Å²) in [6.45, 7) is 0.580. The Labute approximate surface area is 188 Å². The molecule has 0 amide bonds. The summed E-state index contributed by atoms with van der Waals surface area (Å²) in [5, 5.41) is 11.5. The van der Waals surface area contributed by atoms with Gasteiger partial charge in [-0.25, -0.2) is 9.97 Å². The SMILES string of the molecule is FC(F)(F)Oc1ccc(Nc2cc(-c3cnn(Cc4ccc5nnsc5c4)c3)ncn2)cc1. The Morgan fingerprint density at radius 3 is 2.70 bits per heavy atom. The van der Waals surface area contributed by atoms with E-state index in [1.165, 1.54) is 42.1 Å². The zero-order chi connectivity index (χ0) is 22.8. The summed E-state index contributed by atoms with van der Waals surface area (Å²) < 4.78 is 47.5. The third-order valence-corrected chi connectivity index (χ3v) is 5.30. The van der Waals surface area contributed by atoms with Gasteiger partial charge in [-0.3, -0.25) is 4.68 Å². The molecule has 0 unspecified atom stereocenters. The second-order valence-electron chi connectivity index (χ2n) is 6.99. The second kappa shape index (κ2) is 8.47. The van der Waals surface area contributed by atoms with Crippen LogP contribution in [0.2, 0.25) is 0 Å². The van der Waals surface area contributed by atoms with E-state index in [-0.39, 0.29) is 5.75 Å². The molecule has 0 aliphatic carbocycles. The number of nitrogens with one attached hydrogen (secondary N) is 1. The molecule has 0 aliphatic heterocycles. The number of benzene rings is 2. The maximum absolute atomic E-state index is 12.3. The first-order valence-electron chi connectivity index (χ1n) is 9.60. The highest BCUT2D eigenvalue weighted by Gasteiger charge is 2.30. The van der Waals surface area contributed by atoms with Crippen molar-refractivity contribution < 1.29 is 17.9 Å². The molecule has 166 valence electrons. The molecule has 3 aromatic heterocycles. The highest BCUT2D eigenvalue weighted by atomic mass is 32.1. The van der Waals surface area contributed by atoms with Gasteiger partial charge >= 0.3 is 6.36 Å². The van der Waals surface area contributed by atoms with Gasteiger partial charge in [0.05, 0.1) is 23.1 Å². The minimum atomic E-state index is -4.73. The van der Waals surface area contributed by atoms with E-state index in [0.717, 1.165) is 21.3 Å². The smallest absolute Gasteiger partial charge is 0.406 e. The molecular formula is C21H14F3N7OS. The van der Waals surface area contributed by atoms with Crippen LogP contribution in [-0.2, 0) is 6.54 Å². The minimum absolute atomic E-state index is 0.297. The molecule has 12 heteroatoms. The fraction of sp³-hybridized carbons (Fsp3) is 0.0952. The van der Waals surface area contributed by atoms with Gasteiger partial charge in [0, 0.05) is 23.5 Å². The van der Waals surface area contributed by atoms with Gasteiger partial charge in [-0.2, -0.15) is 5.10 Å². The lowest BCUT2D eigenvalue weighted by Gasteiger charge is -2.10. The average Bonchev–Trinajstić information content (AvgIpc) is 3.44. The zero-order valence-electron chi connectivity index (χ0n) is 16.7. The first-order chi connectivity index (χ1) is 15.9. The van der Waals surface area contributed by atoms with Crippen LogP contribution in [0.5, 0.6) is 5.75 Å². The van der Waals surface area contributed by atoms with E-state index in [1.807, 2.05) is 24.4 Å². The van der Waals surface area contributed by atoms with E-state index in [1.54, 1.807) is 16.9 Å². The number of anilines is 2.